The Morgan fingerprint density at radius 1 is 0.824 bits per heavy atom. The third kappa shape index (κ3) is 3.86. The average molecular weight is 234 g/mol. The molecule has 98 valence electrons. The summed E-state index contributed by atoms with van der Waals surface area (Å²) in [5, 5.41) is 0. The Morgan fingerprint density at radius 3 is 1.76 bits per heavy atom. The molecule has 0 saturated heterocycles. The highest BCUT2D eigenvalue weighted by atomic mass is 14.3. The van der Waals surface area contributed by atoms with Crippen LogP contribution in [0.3, 0.4) is 0 Å². The van der Waals surface area contributed by atoms with E-state index in [2.05, 4.69) is 19.6 Å². The fraction of sp³-hybridized carbons (Fsp3) is 0.882. The van der Waals surface area contributed by atoms with E-state index in [0.717, 1.165) is 23.7 Å². The molecular formula is C17H30. The van der Waals surface area contributed by atoms with Gasteiger partial charge in [-0.2, -0.15) is 0 Å². The van der Waals surface area contributed by atoms with Crippen molar-refractivity contribution in [2.75, 3.05) is 0 Å². The minimum Gasteiger partial charge on any atom is -0.103 e. The normalized spacial score (nSPS) is 38.9. The smallest absolute Gasteiger partial charge is 0.0236 e. The highest BCUT2D eigenvalue weighted by Crippen LogP contribution is 2.39. The molecular weight excluding hydrogens is 204 g/mol. The molecule has 2 fully saturated rings. The molecule has 0 spiro atoms. The van der Waals surface area contributed by atoms with E-state index in [9.17, 15) is 0 Å². The quantitative estimate of drug-likeness (QED) is 0.557. The predicted molar refractivity (Wildman–Crippen MR) is 76.0 cm³/mol. The topological polar surface area (TPSA) is 0 Å². The van der Waals surface area contributed by atoms with Crippen molar-refractivity contribution in [3.05, 3.63) is 12.7 Å². The van der Waals surface area contributed by atoms with Crippen molar-refractivity contribution in [2.45, 2.75) is 71.1 Å². The first kappa shape index (κ1) is 13.2. The van der Waals surface area contributed by atoms with Crippen LogP contribution >= 0.6 is 0 Å². The van der Waals surface area contributed by atoms with Crippen LogP contribution in [0.15, 0.2) is 12.7 Å². The number of hydrogen-bond donors (Lipinski definition) is 0. The molecule has 0 aliphatic heterocycles. The van der Waals surface area contributed by atoms with Gasteiger partial charge in [0.2, 0.25) is 0 Å². The lowest BCUT2D eigenvalue weighted by molar-refractivity contribution is 0.199. The van der Waals surface area contributed by atoms with Crippen LogP contribution in [0.4, 0.5) is 0 Å². The minimum atomic E-state index is 0.835. The van der Waals surface area contributed by atoms with Gasteiger partial charge in [0.15, 0.2) is 0 Å². The van der Waals surface area contributed by atoms with Crippen molar-refractivity contribution in [2.24, 2.45) is 23.7 Å². The SMILES string of the molecule is C=CC1CCC(CC2CCC(CC)CC2)CC1. The molecule has 0 aromatic carbocycles. The van der Waals surface area contributed by atoms with Crippen molar-refractivity contribution < 1.29 is 0 Å². The lowest BCUT2D eigenvalue weighted by Gasteiger charge is -2.33. The molecule has 0 aromatic heterocycles. The van der Waals surface area contributed by atoms with Crippen LogP contribution in [0.25, 0.3) is 0 Å². The zero-order chi connectivity index (χ0) is 12.1. The maximum Gasteiger partial charge on any atom is -0.0236 e. The van der Waals surface area contributed by atoms with Gasteiger partial charge in [0.1, 0.15) is 0 Å². The molecule has 0 heteroatoms. The third-order valence-electron chi connectivity index (χ3n) is 5.44. The summed E-state index contributed by atoms with van der Waals surface area (Å²) in [7, 11) is 0. The first-order valence-corrected chi connectivity index (χ1v) is 7.94. The highest BCUT2D eigenvalue weighted by Gasteiger charge is 2.25. The van der Waals surface area contributed by atoms with Crippen LogP contribution in [0.1, 0.15) is 71.1 Å². The van der Waals surface area contributed by atoms with E-state index in [1.54, 1.807) is 6.42 Å². The molecule has 0 heterocycles. The Bertz CT molecular complexity index is 214. The molecule has 0 N–H and O–H groups in total. The summed E-state index contributed by atoms with van der Waals surface area (Å²) in [6.07, 6.45) is 17.0. The van der Waals surface area contributed by atoms with E-state index in [0.29, 0.717) is 0 Å². The number of rotatable bonds is 4. The summed E-state index contributed by atoms with van der Waals surface area (Å²) in [5.74, 6) is 4.02. The van der Waals surface area contributed by atoms with Gasteiger partial charge in [-0.25, -0.2) is 0 Å². The van der Waals surface area contributed by atoms with E-state index in [4.69, 9.17) is 0 Å². The van der Waals surface area contributed by atoms with E-state index in [-0.39, 0.29) is 0 Å². The van der Waals surface area contributed by atoms with Crippen LogP contribution in [-0.4, -0.2) is 0 Å². The monoisotopic (exact) mass is 234 g/mol. The maximum atomic E-state index is 3.94. The van der Waals surface area contributed by atoms with E-state index in [1.807, 2.05) is 0 Å². The van der Waals surface area contributed by atoms with Gasteiger partial charge in [0.05, 0.1) is 0 Å². The average Bonchev–Trinajstić information content (AvgIpc) is 2.40. The zero-order valence-electron chi connectivity index (χ0n) is 11.7. The van der Waals surface area contributed by atoms with Gasteiger partial charge in [0, 0.05) is 0 Å². The van der Waals surface area contributed by atoms with Crippen LogP contribution < -0.4 is 0 Å². The summed E-state index contributed by atoms with van der Waals surface area (Å²) in [5.41, 5.74) is 0. The number of allylic oxidation sites excluding steroid dienone is 1. The Hall–Kier alpha value is -0.260. The summed E-state index contributed by atoms with van der Waals surface area (Å²) in [6.45, 7) is 6.31. The van der Waals surface area contributed by atoms with Crippen LogP contribution in [0.2, 0.25) is 0 Å². The van der Waals surface area contributed by atoms with Crippen molar-refractivity contribution in [1.82, 2.24) is 0 Å². The van der Waals surface area contributed by atoms with E-state index < -0.39 is 0 Å². The van der Waals surface area contributed by atoms with Gasteiger partial charge in [-0.05, 0) is 55.8 Å². The summed E-state index contributed by atoms with van der Waals surface area (Å²) >= 11 is 0. The molecule has 0 nitrogen and oxygen atoms in total. The molecule has 0 bridgehead atoms. The van der Waals surface area contributed by atoms with Crippen LogP contribution in [0, 0.1) is 23.7 Å². The van der Waals surface area contributed by atoms with Crippen LogP contribution in [-0.2, 0) is 0 Å². The van der Waals surface area contributed by atoms with Crippen molar-refractivity contribution in [1.29, 1.82) is 0 Å². The van der Waals surface area contributed by atoms with Gasteiger partial charge in [-0.15, -0.1) is 6.58 Å². The Balaban J connectivity index is 1.67. The van der Waals surface area contributed by atoms with Crippen molar-refractivity contribution >= 4 is 0 Å². The Labute approximate surface area is 108 Å². The number of hydrogen-bond acceptors (Lipinski definition) is 0. The Kier molecular flexibility index (Phi) is 5.13. The molecule has 0 radical (unpaired) electrons. The second-order valence-corrected chi connectivity index (χ2v) is 6.55. The fourth-order valence-corrected chi connectivity index (χ4v) is 4.01. The molecule has 2 aliphatic carbocycles. The standard InChI is InChI=1S/C17H30/c1-3-14-5-9-16(10-6-14)13-17-11-7-15(4-2)8-12-17/h3,14-17H,1,4-13H2,2H3. The molecule has 0 aromatic rings. The maximum absolute atomic E-state index is 3.94. The van der Waals surface area contributed by atoms with Gasteiger partial charge in [-0.1, -0.05) is 45.1 Å². The largest absolute Gasteiger partial charge is 0.103 e. The molecule has 0 unspecified atom stereocenters. The Morgan fingerprint density at radius 2 is 1.29 bits per heavy atom. The first-order chi connectivity index (χ1) is 8.31. The zero-order valence-corrected chi connectivity index (χ0v) is 11.7. The summed E-state index contributed by atoms with van der Waals surface area (Å²) in [4.78, 5) is 0. The van der Waals surface area contributed by atoms with Crippen molar-refractivity contribution in [3.8, 4) is 0 Å². The van der Waals surface area contributed by atoms with E-state index in [1.165, 1.54) is 57.8 Å². The van der Waals surface area contributed by atoms with Gasteiger partial charge in [-0.3, -0.25) is 0 Å². The molecule has 2 aliphatic rings. The second kappa shape index (κ2) is 6.61. The minimum absolute atomic E-state index is 0.835. The molecule has 2 rings (SSSR count). The highest BCUT2D eigenvalue weighted by molar-refractivity contribution is 4.85. The lowest BCUT2D eigenvalue weighted by atomic mass is 9.73. The first-order valence-electron chi connectivity index (χ1n) is 7.94. The molecule has 0 amide bonds. The summed E-state index contributed by atoms with van der Waals surface area (Å²) < 4.78 is 0. The molecule has 17 heavy (non-hydrogen) atoms. The lowest BCUT2D eigenvalue weighted by Crippen LogP contribution is -2.20. The van der Waals surface area contributed by atoms with E-state index >= 15 is 0 Å². The van der Waals surface area contributed by atoms with Gasteiger partial charge in [0.25, 0.3) is 0 Å². The van der Waals surface area contributed by atoms with Gasteiger partial charge < -0.3 is 0 Å². The van der Waals surface area contributed by atoms with Gasteiger partial charge >= 0.3 is 0 Å². The molecule has 0 atom stereocenters. The van der Waals surface area contributed by atoms with Crippen LogP contribution in [0.5, 0.6) is 0 Å². The third-order valence-corrected chi connectivity index (χ3v) is 5.44. The summed E-state index contributed by atoms with van der Waals surface area (Å²) in [6, 6.07) is 0. The fourth-order valence-electron chi connectivity index (χ4n) is 4.01. The molecule has 2 saturated carbocycles. The van der Waals surface area contributed by atoms with Crippen molar-refractivity contribution in [3.63, 3.8) is 0 Å². The predicted octanol–water partition coefficient (Wildman–Crippen LogP) is 5.59. The second-order valence-electron chi connectivity index (χ2n) is 6.55.